The highest BCUT2D eigenvalue weighted by atomic mass is 16.4. The molecule has 0 aliphatic rings. The molecular weight excluding hydrogens is 214 g/mol. The number of hydrogen-bond acceptors (Lipinski definition) is 3. The van der Waals surface area contributed by atoms with E-state index in [0.29, 0.717) is 12.8 Å². The number of primary amides is 1. The maximum atomic E-state index is 11.1. The Bertz CT molecular complexity index is 267. The van der Waals surface area contributed by atoms with Crippen LogP contribution in [0, 0.1) is 0 Å². The fourth-order valence-corrected chi connectivity index (χ4v) is 1.04. The topological polar surface area (TPSA) is 122 Å². The summed E-state index contributed by atoms with van der Waals surface area (Å²) in [6.07, 6.45) is 1.90. The Kier molecular flexibility index (Phi) is 6.66. The number of amides is 3. The van der Waals surface area contributed by atoms with Crippen LogP contribution in [-0.2, 0) is 9.59 Å². The van der Waals surface area contributed by atoms with E-state index in [1.165, 1.54) is 0 Å². The fourth-order valence-electron chi connectivity index (χ4n) is 1.04. The molecule has 0 bridgehead atoms. The summed E-state index contributed by atoms with van der Waals surface area (Å²) < 4.78 is 0. The lowest BCUT2D eigenvalue weighted by Gasteiger charge is -2.14. The highest BCUT2D eigenvalue weighted by Crippen LogP contribution is 2.00. The maximum absolute atomic E-state index is 11.1. The molecule has 92 valence electrons. The normalized spacial score (nSPS) is 11.6. The molecular formula is C9H17N3O4. The Morgan fingerprint density at radius 1 is 1.38 bits per heavy atom. The third-order valence-corrected chi connectivity index (χ3v) is 1.87. The smallest absolute Gasteiger partial charge is 0.326 e. The number of rotatable bonds is 7. The number of carboxylic acids is 1. The summed E-state index contributed by atoms with van der Waals surface area (Å²) in [5.74, 6) is -1.78. The molecule has 0 heterocycles. The van der Waals surface area contributed by atoms with Gasteiger partial charge in [0.1, 0.15) is 6.04 Å². The van der Waals surface area contributed by atoms with Crippen LogP contribution in [0.2, 0.25) is 0 Å². The van der Waals surface area contributed by atoms with Gasteiger partial charge in [0, 0.05) is 0 Å². The van der Waals surface area contributed by atoms with E-state index in [4.69, 9.17) is 10.8 Å². The van der Waals surface area contributed by atoms with Gasteiger partial charge in [-0.2, -0.15) is 0 Å². The third kappa shape index (κ3) is 6.63. The molecule has 0 spiro atoms. The molecule has 0 saturated heterocycles. The molecule has 0 aliphatic heterocycles. The summed E-state index contributed by atoms with van der Waals surface area (Å²) in [4.78, 5) is 32.2. The van der Waals surface area contributed by atoms with Gasteiger partial charge >= 0.3 is 12.0 Å². The molecule has 0 saturated carbocycles. The zero-order valence-electron chi connectivity index (χ0n) is 9.16. The predicted octanol–water partition coefficient (Wildman–Crippen LogP) is -0.586. The summed E-state index contributed by atoms with van der Waals surface area (Å²) in [6.45, 7) is 1.61. The number of carbonyl (C=O) groups excluding carboxylic acids is 2. The highest BCUT2D eigenvalue weighted by Gasteiger charge is 2.18. The number of aliphatic carboxylic acids is 1. The van der Waals surface area contributed by atoms with E-state index in [0.717, 1.165) is 6.42 Å². The van der Waals surface area contributed by atoms with Gasteiger partial charge in [0.05, 0.1) is 6.54 Å². The van der Waals surface area contributed by atoms with Crippen LogP contribution < -0.4 is 16.4 Å². The molecule has 5 N–H and O–H groups in total. The number of carbonyl (C=O) groups is 3. The molecule has 7 heteroatoms. The van der Waals surface area contributed by atoms with Gasteiger partial charge in [-0.1, -0.05) is 19.8 Å². The lowest BCUT2D eigenvalue weighted by Crippen LogP contribution is -2.47. The number of nitrogens with one attached hydrogen (secondary N) is 2. The number of unbranched alkanes of at least 4 members (excludes halogenated alkanes) is 1. The van der Waals surface area contributed by atoms with Crippen molar-refractivity contribution in [2.75, 3.05) is 6.54 Å². The largest absolute Gasteiger partial charge is 0.480 e. The van der Waals surface area contributed by atoms with E-state index < -0.39 is 23.9 Å². The third-order valence-electron chi connectivity index (χ3n) is 1.87. The quantitative estimate of drug-likeness (QED) is 0.468. The number of hydrogen-bond donors (Lipinski definition) is 4. The highest BCUT2D eigenvalue weighted by molar-refractivity contribution is 5.85. The molecule has 3 amide bonds. The van der Waals surface area contributed by atoms with Gasteiger partial charge in [0.25, 0.3) is 0 Å². The molecule has 0 aliphatic carbocycles. The van der Waals surface area contributed by atoms with Crippen LogP contribution >= 0.6 is 0 Å². The maximum Gasteiger partial charge on any atom is 0.326 e. The molecule has 0 radical (unpaired) electrons. The van der Waals surface area contributed by atoms with Gasteiger partial charge in [-0.05, 0) is 6.42 Å². The Morgan fingerprint density at radius 3 is 2.44 bits per heavy atom. The zero-order valence-corrected chi connectivity index (χ0v) is 9.16. The van der Waals surface area contributed by atoms with Gasteiger partial charge in [-0.25, -0.2) is 9.59 Å². The van der Waals surface area contributed by atoms with Crippen molar-refractivity contribution in [3.05, 3.63) is 0 Å². The summed E-state index contributed by atoms with van der Waals surface area (Å²) in [5.41, 5.74) is 4.81. The van der Waals surface area contributed by atoms with Crippen LogP contribution in [0.5, 0.6) is 0 Å². The molecule has 0 rings (SSSR count). The molecule has 0 aromatic carbocycles. The first-order valence-corrected chi connectivity index (χ1v) is 5.02. The summed E-state index contributed by atoms with van der Waals surface area (Å²) in [7, 11) is 0. The minimum Gasteiger partial charge on any atom is -0.480 e. The van der Waals surface area contributed by atoms with Crippen LogP contribution in [0.15, 0.2) is 0 Å². The van der Waals surface area contributed by atoms with Gasteiger partial charge in [-0.3, -0.25) is 4.79 Å². The van der Waals surface area contributed by atoms with Crippen molar-refractivity contribution in [2.45, 2.75) is 32.2 Å². The number of urea groups is 1. The van der Waals surface area contributed by atoms with Crippen molar-refractivity contribution >= 4 is 17.9 Å². The Labute approximate surface area is 93.4 Å². The lowest BCUT2D eigenvalue weighted by atomic mass is 10.1. The average Bonchev–Trinajstić information content (AvgIpc) is 2.20. The monoisotopic (exact) mass is 231 g/mol. The standard InChI is InChI=1S/C9H17N3O4/c1-2-3-4-6(8(14)15)12-9(16)11-5-7(10)13/h6H,2-5H2,1H3,(H2,10,13)(H,14,15)(H2,11,12,16)/t6-/m0/s1. The molecule has 16 heavy (non-hydrogen) atoms. The lowest BCUT2D eigenvalue weighted by molar-refractivity contribution is -0.139. The van der Waals surface area contributed by atoms with Crippen molar-refractivity contribution in [3.63, 3.8) is 0 Å². The number of nitrogens with two attached hydrogens (primary N) is 1. The van der Waals surface area contributed by atoms with Gasteiger partial charge in [-0.15, -0.1) is 0 Å². The second kappa shape index (κ2) is 7.49. The van der Waals surface area contributed by atoms with Crippen molar-refractivity contribution in [1.29, 1.82) is 0 Å². The van der Waals surface area contributed by atoms with Crippen molar-refractivity contribution in [1.82, 2.24) is 10.6 Å². The van der Waals surface area contributed by atoms with E-state index >= 15 is 0 Å². The summed E-state index contributed by atoms with van der Waals surface area (Å²) in [6, 6.07) is -1.64. The van der Waals surface area contributed by atoms with Crippen molar-refractivity contribution in [3.8, 4) is 0 Å². The molecule has 0 fully saturated rings. The van der Waals surface area contributed by atoms with Crippen LogP contribution in [0.25, 0.3) is 0 Å². The van der Waals surface area contributed by atoms with E-state index in [9.17, 15) is 14.4 Å². The zero-order chi connectivity index (χ0) is 12.6. The van der Waals surface area contributed by atoms with E-state index in [-0.39, 0.29) is 6.54 Å². The van der Waals surface area contributed by atoms with Gasteiger partial charge in [0.2, 0.25) is 5.91 Å². The Balaban J connectivity index is 4.02. The van der Waals surface area contributed by atoms with E-state index in [2.05, 4.69) is 10.6 Å². The Morgan fingerprint density at radius 2 is 2.00 bits per heavy atom. The second-order valence-electron chi connectivity index (χ2n) is 3.33. The SMILES string of the molecule is CCCC[C@H](NC(=O)NCC(N)=O)C(=O)O. The van der Waals surface area contributed by atoms with Crippen molar-refractivity contribution < 1.29 is 19.5 Å². The van der Waals surface area contributed by atoms with Crippen LogP contribution in [-0.4, -0.2) is 35.6 Å². The minimum atomic E-state index is -1.09. The van der Waals surface area contributed by atoms with Crippen LogP contribution in [0.1, 0.15) is 26.2 Å². The van der Waals surface area contributed by atoms with Crippen molar-refractivity contribution in [2.24, 2.45) is 5.73 Å². The molecule has 0 unspecified atom stereocenters. The molecule has 0 aromatic heterocycles. The Hall–Kier alpha value is -1.79. The minimum absolute atomic E-state index is 0.314. The van der Waals surface area contributed by atoms with Crippen LogP contribution in [0.4, 0.5) is 4.79 Å². The van der Waals surface area contributed by atoms with Gasteiger partial charge < -0.3 is 21.5 Å². The first-order chi connectivity index (χ1) is 7.47. The second-order valence-corrected chi connectivity index (χ2v) is 3.33. The molecule has 1 atom stereocenters. The van der Waals surface area contributed by atoms with Gasteiger partial charge in [0.15, 0.2) is 0 Å². The van der Waals surface area contributed by atoms with E-state index in [1.54, 1.807) is 0 Å². The van der Waals surface area contributed by atoms with E-state index in [1.807, 2.05) is 6.92 Å². The first kappa shape index (κ1) is 14.2. The predicted molar refractivity (Wildman–Crippen MR) is 56.7 cm³/mol. The summed E-state index contributed by atoms with van der Waals surface area (Å²) >= 11 is 0. The first-order valence-electron chi connectivity index (χ1n) is 5.02. The number of carboxylic acid groups (broad SMARTS) is 1. The summed E-state index contributed by atoms with van der Waals surface area (Å²) in [5, 5.41) is 13.2. The molecule has 7 nitrogen and oxygen atoms in total. The fraction of sp³-hybridized carbons (Fsp3) is 0.667. The molecule has 0 aromatic rings. The average molecular weight is 231 g/mol. The van der Waals surface area contributed by atoms with Crippen LogP contribution in [0.3, 0.4) is 0 Å².